The number of anilines is 1. The van der Waals surface area contributed by atoms with E-state index in [1.54, 1.807) is 55.0 Å². The van der Waals surface area contributed by atoms with E-state index in [4.69, 9.17) is 15.6 Å². The second-order valence-electron chi connectivity index (χ2n) is 17.3. The summed E-state index contributed by atoms with van der Waals surface area (Å²) in [6.07, 6.45) is 7.87. The molecule has 0 radical (unpaired) electrons. The number of H-pyrrole nitrogens is 1. The molecule has 16 heteroatoms. The van der Waals surface area contributed by atoms with E-state index in [0.29, 0.717) is 108 Å². The Morgan fingerprint density at radius 1 is 1.05 bits per heavy atom. The maximum Gasteiger partial charge on any atom is 0.338 e. The quantitative estimate of drug-likeness (QED) is 0.0339. The molecule has 5 N–H and O–H groups in total. The average Bonchev–Trinajstić information content (AvgIpc) is 3.66. The summed E-state index contributed by atoms with van der Waals surface area (Å²) in [4.78, 5) is 35.3. The monoisotopic (exact) mass is 875 g/mol. The number of nitrogens with two attached hydrogens (primary N) is 1. The fourth-order valence-corrected chi connectivity index (χ4v) is 12.2. The van der Waals surface area contributed by atoms with Crippen molar-refractivity contribution in [2.45, 2.75) is 84.1 Å². The minimum absolute atomic E-state index is 0.0680. The molecule has 0 spiro atoms. The van der Waals surface area contributed by atoms with Crippen molar-refractivity contribution in [3.8, 4) is 17.2 Å². The number of imidazole rings is 1. The normalized spacial score (nSPS) is 17.9. The Kier molecular flexibility index (Phi) is 10.8. The van der Waals surface area contributed by atoms with Crippen LogP contribution in [-0.4, -0.2) is 84.9 Å². The van der Waals surface area contributed by atoms with Crippen LogP contribution in [0.4, 0.5) is 10.1 Å². The van der Waals surface area contributed by atoms with Crippen LogP contribution >= 0.6 is 7.14 Å². The number of amides is 1. The van der Waals surface area contributed by atoms with Crippen LogP contribution in [0, 0.1) is 19.7 Å². The lowest BCUT2D eigenvalue weighted by Crippen LogP contribution is -2.40. The molecule has 1 amide bonds. The van der Waals surface area contributed by atoms with E-state index >= 15 is 9.18 Å². The number of carbonyl (C=O) groups is 1. The van der Waals surface area contributed by atoms with Crippen molar-refractivity contribution in [3.05, 3.63) is 116 Å². The third-order valence-corrected chi connectivity index (χ3v) is 17.2. The van der Waals surface area contributed by atoms with Crippen molar-refractivity contribution in [2.24, 2.45) is 10.9 Å². The highest BCUT2D eigenvalue weighted by Gasteiger charge is 2.53. The maximum atomic E-state index is 15.3. The topological polar surface area (TPSA) is 178 Å². The molecule has 2 aliphatic heterocycles. The number of nitrogens with zero attached hydrogens (tertiary/aromatic N) is 6. The van der Waals surface area contributed by atoms with E-state index in [1.165, 1.54) is 14.7 Å². The Hall–Kier alpha value is -5.92. The van der Waals surface area contributed by atoms with Gasteiger partial charge in [-0.05, 0) is 105 Å². The van der Waals surface area contributed by atoms with Crippen LogP contribution in [0.1, 0.15) is 102 Å². The number of hydrogen-bond donors (Lipinski definition) is 4. The van der Waals surface area contributed by atoms with Gasteiger partial charge in [0.1, 0.15) is 30.3 Å². The molecule has 5 heterocycles. The second kappa shape index (κ2) is 16.0. The number of nitrogens with one attached hydrogen (secondary N) is 2. The van der Waals surface area contributed by atoms with Crippen LogP contribution < -0.4 is 22.0 Å². The van der Waals surface area contributed by atoms with E-state index < -0.39 is 18.6 Å². The molecular formula is C47H55FN9O5P. The van der Waals surface area contributed by atoms with Crippen molar-refractivity contribution < 1.29 is 23.7 Å². The number of oxime groups is 1. The standard InChI is InChI=1S/C47H55FN9O5P/c1-7-63(61,8-2)38-12-10-32(26-37(38)50-6)55-19-20-56(46(55)59)43-39-29(5)54(18-13-35(39)52-57(43)33-23-27(3)41(48)28(4)24-33)44(58)42-40(47(16-17-47)45(49)53-60)34-11-9-31(25-36(34)51-42)30-14-21-62-22-15-30/h9-12,19-20,23-26,29-30,50-51,60H,7-8,13-18,21-22H2,1-6H3,(H2,49,53). The molecule has 1 aliphatic carbocycles. The highest BCUT2D eigenvalue weighted by molar-refractivity contribution is 7.71. The van der Waals surface area contributed by atoms with E-state index in [9.17, 15) is 14.6 Å². The second-order valence-corrected chi connectivity index (χ2v) is 20.9. The SMILES string of the molecule is CCP(=O)(CC)c1ccc(-n2ccn(-c3c4c(nn3-c3cc(C)c(F)c(C)c3)CCN(C(=O)c3[nH]c5cc(C6CCOCC6)ccc5c3C3(C(N)=NO)CC3)C4C)c2=O)cc1NC. The van der Waals surface area contributed by atoms with Crippen LogP contribution in [0.5, 0.6) is 0 Å². The van der Waals surface area contributed by atoms with E-state index in [2.05, 4.69) is 33.7 Å². The molecule has 6 aromatic rings. The van der Waals surface area contributed by atoms with Crippen molar-refractivity contribution in [2.75, 3.05) is 44.4 Å². The Bertz CT molecular complexity index is 2900. The molecule has 3 aromatic carbocycles. The lowest BCUT2D eigenvalue weighted by molar-refractivity contribution is 0.0670. The minimum Gasteiger partial charge on any atom is -0.409 e. The Morgan fingerprint density at radius 2 is 1.75 bits per heavy atom. The summed E-state index contributed by atoms with van der Waals surface area (Å²) >= 11 is 0. The number of aromatic amines is 1. The predicted molar refractivity (Wildman–Crippen MR) is 244 cm³/mol. The van der Waals surface area contributed by atoms with Crippen molar-refractivity contribution in [1.29, 1.82) is 0 Å². The number of amidine groups is 1. The van der Waals surface area contributed by atoms with E-state index in [1.807, 2.05) is 39.0 Å². The summed E-state index contributed by atoms with van der Waals surface area (Å²) in [6.45, 7) is 10.9. The van der Waals surface area contributed by atoms with Gasteiger partial charge in [0.2, 0.25) is 0 Å². The molecule has 0 bridgehead atoms. The van der Waals surface area contributed by atoms with Gasteiger partial charge in [-0.3, -0.25) is 13.9 Å². The molecule has 1 saturated heterocycles. The largest absolute Gasteiger partial charge is 0.409 e. The number of ether oxygens (including phenoxy) is 1. The lowest BCUT2D eigenvalue weighted by atomic mass is 9.88. The number of fused-ring (bicyclic) bond motifs is 2. The third-order valence-electron chi connectivity index (χ3n) is 13.9. The first-order valence-electron chi connectivity index (χ1n) is 21.9. The van der Waals surface area contributed by atoms with Crippen molar-refractivity contribution >= 4 is 40.8 Å². The number of benzene rings is 3. The van der Waals surface area contributed by atoms with Gasteiger partial charge in [-0.1, -0.05) is 31.1 Å². The smallest absolute Gasteiger partial charge is 0.338 e. The molecule has 3 aliphatic rings. The highest BCUT2D eigenvalue weighted by atomic mass is 31.2. The summed E-state index contributed by atoms with van der Waals surface area (Å²) in [5.41, 5.74) is 12.4. The zero-order chi connectivity index (χ0) is 44.5. The van der Waals surface area contributed by atoms with Crippen LogP contribution in [-0.2, 0) is 21.1 Å². The summed E-state index contributed by atoms with van der Waals surface area (Å²) in [5, 5.41) is 23.3. The molecule has 1 atom stereocenters. The van der Waals surface area contributed by atoms with Gasteiger partial charge in [-0.15, -0.1) is 0 Å². The zero-order valence-corrected chi connectivity index (χ0v) is 37.6. The van der Waals surface area contributed by atoms with Crippen LogP contribution in [0.3, 0.4) is 0 Å². The van der Waals surface area contributed by atoms with Crippen LogP contribution in [0.15, 0.2) is 70.9 Å². The van der Waals surface area contributed by atoms with Gasteiger partial charge in [-0.25, -0.2) is 13.9 Å². The minimum atomic E-state index is -2.64. The molecule has 63 heavy (non-hydrogen) atoms. The molecular weight excluding hydrogens is 821 g/mol. The van der Waals surface area contributed by atoms with Crippen molar-refractivity contribution in [1.82, 2.24) is 28.8 Å². The third kappa shape index (κ3) is 6.82. The van der Waals surface area contributed by atoms with Crippen molar-refractivity contribution in [3.63, 3.8) is 0 Å². The summed E-state index contributed by atoms with van der Waals surface area (Å²) in [6, 6.07) is 14.6. The molecule has 9 rings (SSSR count). The predicted octanol–water partition coefficient (Wildman–Crippen LogP) is 7.55. The highest BCUT2D eigenvalue weighted by Crippen LogP contribution is 2.53. The van der Waals surface area contributed by atoms with Gasteiger partial charge in [0, 0.05) is 91.0 Å². The van der Waals surface area contributed by atoms with Gasteiger partial charge >= 0.3 is 5.69 Å². The number of aromatic nitrogens is 5. The van der Waals surface area contributed by atoms with E-state index in [0.717, 1.165) is 34.6 Å². The Balaban J connectivity index is 1.17. The summed E-state index contributed by atoms with van der Waals surface area (Å²) < 4.78 is 39.3. The first-order chi connectivity index (χ1) is 30.3. The maximum absolute atomic E-state index is 15.3. The molecule has 1 unspecified atom stereocenters. The number of carbonyl (C=O) groups excluding carboxylic acids is 1. The summed E-state index contributed by atoms with van der Waals surface area (Å²) in [7, 11) is -0.864. The van der Waals surface area contributed by atoms with Crippen LogP contribution in [0.25, 0.3) is 28.1 Å². The van der Waals surface area contributed by atoms with Gasteiger partial charge in [0.25, 0.3) is 5.91 Å². The van der Waals surface area contributed by atoms with Gasteiger partial charge in [0.05, 0.1) is 28.5 Å². The molecule has 2 fully saturated rings. The molecule has 14 nitrogen and oxygen atoms in total. The summed E-state index contributed by atoms with van der Waals surface area (Å²) in [5.74, 6) is 0.264. The lowest BCUT2D eigenvalue weighted by Gasteiger charge is -2.34. The Labute approximate surface area is 365 Å². The average molecular weight is 876 g/mol. The number of rotatable bonds is 11. The first kappa shape index (κ1) is 42.4. The number of hydrogen-bond acceptors (Lipinski definition) is 8. The fraction of sp³-hybridized carbons (Fsp3) is 0.404. The zero-order valence-electron chi connectivity index (χ0n) is 36.7. The van der Waals surface area contributed by atoms with Gasteiger partial charge < -0.3 is 35.4 Å². The fourth-order valence-electron chi connectivity index (χ4n) is 10.1. The first-order valence-corrected chi connectivity index (χ1v) is 24.0. The molecule has 1 saturated carbocycles. The number of halogens is 1. The number of aryl methyl sites for hydroxylation is 2. The van der Waals surface area contributed by atoms with Crippen LogP contribution in [0.2, 0.25) is 0 Å². The Morgan fingerprint density at radius 3 is 2.40 bits per heavy atom. The van der Waals surface area contributed by atoms with Gasteiger partial charge in [0.15, 0.2) is 0 Å². The molecule has 330 valence electrons. The van der Waals surface area contributed by atoms with E-state index in [-0.39, 0.29) is 23.2 Å². The van der Waals surface area contributed by atoms with Gasteiger partial charge in [-0.2, -0.15) is 5.10 Å². The molecule has 3 aromatic heterocycles.